The number of aliphatic hydroxyl groups is 4. The van der Waals surface area contributed by atoms with Crippen LogP contribution < -0.4 is 10.1 Å². The van der Waals surface area contributed by atoms with Crippen molar-refractivity contribution in [2.45, 2.75) is 49.3 Å². The zero-order chi connectivity index (χ0) is 24.6. The summed E-state index contributed by atoms with van der Waals surface area (Å²) in [4.78, 5) is 23.8. The summed E-state index contributed by atoms with van der Waals surface area (Å²) in [5, 5.41) is 53.1. The van der Waals surface area contributed by atoms with E-state index in [1.807, 2.05) is 0 Å². The quantitative estimate of drug-likeness (QED) is 0.322. The van der Waals surface area contributed by atoms with Crippen molar-refractivity contribution in [1.82, 2.24) is 5.32 Å². The smallest absolute Gasteiger partial charge is 0.377 e. The van der Waals surface area contributed by atoms with Crippen LogP contribution in [0.2, 0.25) is 5.02 Å². The highest BCUT2D eigenvalue weighted by molar-refractivity contribution is 6.35. The number of aliphatic carboxylic acids is 1. The van der Waals surface area contributed by atoms with Gasteiger partial charge in [0, 0.05) is 22.7 Å². The van der Waals surface area contributed by atoms with Gasteiger partial charge in [-0.15, -0.1) is 0 Å². The monoisotopic (exact) mass is 487 g/mol. The van der Waals surface area contributed by atoms with Crippen LogP contribution >= 0.6 is 11.6 Å². The van der Waals surface area contributed by atoms with E-state index in [-0.39, 0.29) is 5.75 Å². The van der Waals surface area contributed by atoms with E-state index in [2.05, 4.69) is 5.32 Å². The second kappa shape index (κ2) is 9.37. The molecule has 0 spiro atoms. The van der Waals surface area contributed by atoms with Crippen LogP contribution in [0.4, 0.5) is 4.39 Å². The summed E-state index contributed by atoms with van der Waals surface area (Å²) in [7, 11) is 0. The number of carbonyl (C=O) groups excluding carboxylic acids is 1. The molecule has 1 fully saturated rings. The van der Waals surface area contributed by atoms with Crippen molar-refractivity contribution < 1.29 is 49.0 Å². The number of hydrogen-bond donors (Lipinski definition) is 6. The number of alkyl halides is 1. The molecule has 3 rings (SSSR count). The Morgan fingerprint density at radius 1 is 1.27 bits per heavy atom. The molecule has 1 heterocycles. The zero-order valence-electron chi connectivity index (χ0n) is 17.3. The Morgan fingerprint density at radius 3 is 2.48 bits per heavy atom. The summed E-state index contributed by atoms with van der Waals surface area (Å²) < 4.78 is 26.5. The Balaban J connectivity index is 2.11. The van der Waals surface area contributed by atoms with E-state index < -0.39 is 60.9 Å². The predicted octanol–water partition coefficient (Wildman–Crippen LogP) is 0.319. The van der Waals surface area contributed by atoms with Crippen molar-refractivity contribution in [1.29, 1.82) is 0 Å². The number of amides is 1. The number of ether oxygens (including phenoxy) is 2. The third kappa shape index (κ3) is 4.88. The second-order valence-corrected chi connectivity index (χ2v) is 8.15. The number of carbonyl (C=O) groups is 2. The van der Waals surface area contributed by atoms with E-state index >= 15 is 4.39 Å². The van der Waals surface area contributed by atoms with Gasteiger partial charge in [0.1, 0.15) is 30.1 Å². The van der Waals surface area contributed by atoms with Crippen LogP contribution in [0.1, 0.15) is 13.3 Å². The predicted molar refractivity (Wildman–Crippen MR) is 112 cm³/mol. The van der Waals surface area contributed by atoms with Gasteiger partial charge in [-0.05, 0) is 12.1 Å². The number of halogens is 2. The van der Waals surface area contributed by atoms with Gasteiger partial charge in [0.25, 0.3) is 0 Å². The minimum absolute atomic E-state index is 0.0814. The van der Waals surface area contributed by atoms with Crippen molar-refractivity contribution in [3.8, 4) is 5.75 Å². The molecule has 1 saturated heterocycles. The normalized spacial score (nSPS) is 29.3. The van der Waals surface area contributed by atoms with E-state index in [1.54, 1.807) is 24.3 Å². The molecule has 1 amide bonds. The van der Waals surface area contributed by atoms with Crippen LogP contribution in [-0.2, 0) is 14.3 Å². The highest BCUT2D eigenvalue weighted by Gasteiger charge is 2.63. The Hall–Kier alpha value is -2.54. The minimum atomic E-state index is -3.47. The highest BCUT2D eigenvalue weighted by Crippen LogP contribution is 2.42. The van der Waals surface area contributed by atoms with Crippen molar-refractivity contribution in [3.05, 3.63) is 41.4 Å². The SMILES string of the molecule is CC(=O)N[C@H]1[C@H]([C@H](O)[C@H](O)CO)O[C@](Oc2ccc(Cl)c3ccccc23)(C(=O)O)C[C@@]1(O)F. The standard InChI is InChI=1S/C21H23ClFNO9/c1-10(26)24-18-17(16(28)14(27)8-25)33-21(19(29)30,9-20(18,23)31)32-15-7-6-13(22)11-4-2-3-5-12(11)15/h2-7,14,16-18,25,27-28,31H,8-9H2,1H3,(H,24,26)(H,29,30)/t14-,16-,17+,18+,20+,21+/m1/s1. The van der Waals surface area contributed by atoms with Gasteiger partial charge in [-0.25, -0.2) is 9.18 Å². The average molecular weight is 488 g/mol. The van der Waals surface area contributed by atoms with Crippen molar-refractivity contribution in [3.63, 3.8) is 0 Å². The molecule has 10 nitrogen and oxygen atoms in total. The van der Waals surface area contributed by atoms with Gasteiger partial charge < -0.3 is 40.3 Å². The molecule has 1 aliphatic heterocycles. The zero-order valence-corrected chi connectivity index (χ0v) is 18.1. The van der Waals surface area contributed by atoms with Crippen molar-refractivity contribution >= 4 is 34.2 Å². The van der Waals surface area contributed by atoms with E-state index in [4.69, 9.17) is 21.1 Å². The summed E-state index contributed by atoms with van der Waals surface area (Å²) in [6.45, 7) is -0.00131. The lowest BCUT2D eigenvalue weighted by molar-refractivity contribution is -0.325. The molecule has 12 heteroatoms. The number of aliphatic hydroxyl groups excluding tert-OH is 3. The molecule has 2 aromatic rings. The summed E-state index contributed by atoms with van der Waals surface area (Å²) >= 11 is 6.17. The van der Waals surface area contributed by atoms with Crippen LogP contribution in [0.25, 0.3) is 10.8 Å². The summed E-state index contributed by atoms with van der Waals surface area (Å²) in [5.74, 6) is -9.12. The van der Waals surface area contributed by atoms with E-state index in [0.717, 1.165) is 6.92 Å². The first-order valence-electron chi connectivity index (χ1n) is 9.84. The number of fused-ring (bicyclic) bond motifs is 1. The number of rotatable bonds is 7. The number of carboxylic acid groups (broad SMARTS) is 1. The highest BCUT2D eigenvalue weighted by atomic mass is 35.5. The van der Waals surface area contributed by atoms with Crippen LogP contribution in [0.3, 0.4) is 0 Å². The molecule has 6 N–H and O–H groups in total. The van der Waals surface area contributed by atoms with E-state index in [9.17, 15) is 35.1 Å². The van der Waals surface area contributed by atoms with Crippen LogP contribution in [-0.4, -0.2) is 80.0 Å². The van der Waals surface area contributed by atoms with Gasteiger partial charge in [0.2, 0.25) is 11.8 Å². The number of benzene rings is 2. The van der Waals surface area contributed by atoms with Gasteiger partial charge in [0.15, 0.2) is 0 Å². The van der Waals surface area contributed by atoms with E-state index in [0.29, 0.717) is 15.8 Å². The lowest BCUT2D eigenvalue weighted by atomic mass is 9.86. The largest absolute Gasteiger partial charge is 0.476 e. The second-order valence-electron chi connectivity index (χ2n) is 7.75. The van der Waals surface area contributed by atoms with Gasteiger partial charge in [-0.2, -0.15) is 0 Å². The van der Waals surface area contributed by atoms with Gasteiger partial charge >= 0.3 is 11.8 Å². The third-order valence-electron chi connectivity index (χ3n) is 5.32. The molecule has 0 saturated carbocycles. The van der Waals surface area contributed by atoms with Gasteiger partial charge in [0.05, 0.1) is 13.0 Å². The molecule has 0 unspecified atom stereocenters. The summed E-state index contributed by atoms with van der Waals surface area (Å²) in [6, 6.07) is 7.27. The summed E-state index contributed by atoms with van der Waals surface area (Å²) in [6.07, 6.45) is -7.37. The number of hydrogen-bond acceptors (Lipinski definition) is 8. The Labute approximate surface area is 192 Å². The molecule has 6 atom stereocenters. The van der Waals surface area contributed by atoms with Gasteiger partial charge in [-0.3, -0.25) is 4.79 Å². The van der Waals surface area contributed by atoms with Crippen LogP contribution in [0, 0.1) is 0 Å². The Morgan fingerprint density at radius 2 is 1.91 bits per heavy atom. The molecule has 0 aliphatic carbocycles. The van der Waals surface area contributed by atoms with Crippen molar-refractivity contribution in [2.24, 2.45) is 0 Å². The first-order valence-corrected chi connectivity index (χ1v) is 10.2. The maximum absolute atomic E-state index is 15.5. The Bertz CT molecular complexity index is 1050. The Kier molecular flexibility index (Phi) is 7.13. The van der Waals surface area contributed by atoms with Crippen LogP contribution in [0.15, 0.2) is 36.4 Å². The lowest BCUT2D eigenvalue weighted by Gasteiger charge is -2.48. The minimum Gasteiger partial charge on any atom is -0.476 e. The van der Waals surface area contributed by atoms with Crippen LogP contribution in [0.5, 0.6) is 5.75 Å². The molecule has 33 heavy (non-hydrogen) atoms. The molecular weight excluding hydrogens is 465 g/mol. The maximum atomic E-state index is 15.5. The molecule has 0 bridgehead atoms. The first kappa shape index (κ1) is 25.1. The number of nitrogens with one attached hydrogen (secondary N) is 1. The molecule has 2 aromatic carbocycles. The third-order valence-corrected chi connectivity index (χ3v) is 5.65. The lowest BCUT2D eigenvalue weighted by Crippen LogP contribution is -2.72. The fraction of sp³-hybridized carbons (Fsp3) is 0.429. The molecule has 1 aliphatic rings. The fourth-order valence-corrected chi connectivity index (χ4v) is 3.98. The molecule has 0 radical (unpaired) electrons. The number of carboxylic acids is 1. The van der Waals surface area contributed by atoms with Gasteiger partial charge in [-0.1, -0.05) is 35.9 Å². The molecule has 0 aromatic heterocycles. The van der Waals surface area contributed by atoms with Crippen molar-refractivity contribution in [2.75, 3.05) is 6.61 Å². The molecular formula is C21H23ClFNO9. The molecule has 180 valence electrons. The fourth-order valence-electron chi connectivity index (χ4n) is 3.75. The van der Waals surface area contributed by atoms with E-state index in [1.165, 1.54) is 12.1 Å². The maximum Gasteiger partial charge on any atom is 0.377 e. The average Bonchev–Trinajstić information content (AvgIpc) is 2.76. The topological polar surface area (TPSA) is 166 Å². The first-order chi connectivity index (χ1) is 15.4. The summed E-state index contributed by atoms with van der Waals surface area (Å²) in [5.41, 5.74) is 0.